The van der Waals surface area contributed by atoms with Gasteiger partial charge in [-0.05, 0) is 37.0 Å². The average Bonchev–Trinajstić information content (AvgIpc) is 2.63. The zero-order valence-electron chi connectivity index (χ0n) is 10.1. The van der Waals surface area contributed by atoms with Gasteiger partial charge in [0.25, 0.3) is 0 Å². The van der Waals surface area contributed by atoms with E-state index in [-0.39, 0.29) is 17.5 Å². The lowest BCUT2D eigenvalue weighted by atomic mass is 9.78. The van der Waals surface area contributed by atoms with Gasteiger partial charge in [-0.15, -0.1) is 0 Å². The molecular weight excluding hydrogens is 292 g/mol. The zero-order valence-corrected chi connectivity index (χ0v) is 11.7. The number of halogens is 1. The second kappa shape index (κ2) is 4.61. The van der Waals surface area contributed by atoms with E-state index in [0.717, 1.165) is 30.2 Å². The summed E-state index contributed by atoms with van der Waals surface area (Å²) in [4.78, 5) is 24.8. The third-order valence-corrected chi connectivity index (χ3v) is 4.69. The molecule has 0 N–H and O–H groups in total. The second-order valence-electron chi connectivity index (χ2n) is 5.29. The maximum absolute atomic E-state index is 12.4. The molecule has 0 heterocycles. The Hall–Kier alpha value is -0.960. The molecular formula is C15H15BrO2. The maximum Gasteiger partial charge on any atom is 0.174 e. The Kier molecular flexibility index (Phi) is 3.10. The number of hydrogen-bond acceptors (Lipinski definition) is 2. The number of carbonyl (C=O) groups excluding carboxylic acids is 2. The molecule has 0 radical (unpaired) electrons. The molecule has 0 spiro atoms. The molecule has 2 aliphatic carbocycles. The highest BCUT2D eigenvalue weighted by Gasteiger charge is 2.43. The minimum absolute atomic E-state index is 0.0446. The number of Topliss-reactive ketones (excluding diaryl/α,β-unsaturated/α-hetero) is 2. The lowest BCUT2D eigenvalue weighted by Crippen LogP contribution is -2.27. The summed E-state index contributed by atoms with van der Waals surface area (Å²) in [5.74, 6) is -0.0304. The highest BCUT2D eigenvalue weighted by molar-refractivity contribution is 9.10. The first-order valence-corrected chi connectivity index (χ1v) is 7.36. The Balaban J connectivity index is 1.96. The molecule has 1 saturated carbocycles. The van der Waals surface area contributed by atoms with Crippen LogP contribution in [0.1, 0.15) is 52.8 Å². The lowest BCUT2D eigenvalue weighted by molar-refractivity contribution is 0.0757. The van der Waals surface area contributed by atoms with Gasteiger partial charge in [0.2, 0.25) is 0 Å². The first-order valence-electron chi connectivity index (χ1n) is 6.56. The van der Waals surface area contributed by atoms with Crippen molar-refractivity contribution >= 4 is 27.5 Å². The van der Waals surface area contributed by atoms with E-state index in [1.165, 1.54) is 6.42 Å². The second-order valence-corrected chi connectivity index (χ2v) is 6.21. The number of ketones is 2. The van der Waals surface area contributed by atoms with Crippen LogP contribution in [0.2, 0.25) is 0 Å². The molecule has 1 aromatic rings. The molecule has 1 unspecified atom stereocenters. The van der Waals surface area contributed by atoms with Gasteiger partial charge in [0.1, 0.15) is 0 Å². The van der Waals surface area contributed by atoms with Crippen molar-refractivity contribution in [1.29, 1.82) is 0 Å². The van der Waals surface area contributed by atoms with Crippen LogP contribution in [0, 0.1) is 11.8 Å². The number of fused-ring (bicyclic) bond motifs is 1. The van der Waals surface area contributed by atoms with Crippen LogP contribution in [-0.2, 0) is 0 Å². The van der Waals surface area contributed by atoms with Crippen LogP contribution >= 0.6 is 15.9 Å². The number of rotatable bonds is 1. The lowest BCUT2D eigenvalue weighted by Gasteiger charge is -2.25. The standard InChI is InChI=1S/C15H15BrO2/c16-10-6-7-11-12(8-10)15(18)13(14(11)17)9-4-2-1-3-5-9/h6-9,13H,1-5H2. The van der Waals surface area contributed by atoms with E-state index in [2.05, 4.69) is 15.9 Å². The summed E-state index contributed by atoms with van der Waals surface area (Å²) in [6.45, 7) is 0. The van der Waals surface area contributed by atoms with Crippen LogP contribution in [0.4, 0.5) is 0 Å². The van der Waals surface area contributed by atoms with E-state index < -0.39 is 5.92 Å². The number of carbonyl (C=O) groups is 2. The maximum atomic E-state index is 12.4. The largest absolute Gasteiger partial charge is 0.293 e. The van der Waals surface area contributed by atoms with Crippen LogP contribution < -0.4 is 0 Å². The molecule has 3 heteroatoms. The Labute approximate surface area is 115 Å². The van der Waals surface area contributed by atoms with Gasteiger partial charge in [0.05, 0.1) is 5.92 Å². The SMILES string of the molecule is O=C1c2ccc(Br)cc2C(=O)C1C1CCCCC1. The van der Waals surface area contributed by atoms with Gasteiger partial charge in [-0.3, -0.25) is 9.59 Å². The van der Waals surface area contributed by atoms with Crippen molar-refractivity contribution in [2.24, 2.45) is 11.8 Å². The Morgan fingerprint density at radius 3 is 2.33 bits per heavy atom. The van der Waals surface area contributed by atoms with Gasteiger partial charge in [-0.1, -0.05) is 35.2 Å². The van der Waals surface area contributed by atoms with E-state index in [1.807, 2.05) is 6.07 Å². The van der Waals surface area contributed by atoms with Crippen molar-refractivity contribution < 1.29 is 9.59 Å². The van der Waals surface area contributed by atoms with Crippen LogP contribution in [0.15, 0.2) is 22.7 Å². The fourth-order valence-electron chi connectivity index (χ4n) is 3.28. The smallest absolute Gasteiger partial charge is 0.174 e. The molecule has 0 saturated heterocycles. The molecule has 1 atom stereocenters. The van der Waals surface area contributed by atoms with Crippen molar-refractivity contribution in [2.75, 3.05) is 0 Å². The average molecular weight is 307 g/mol. The monoisotopic (exact) mass is 306 g/mol. The Morgan fingerprint density at radius 1 is 0.944 bits per heavy atom. The summed E-state index contributed by atoms with van der Waals surface area (Å²) in [6.07, 6.45) is 5.60. The normalized spacial score (nSPS) is 24.4. The van der Waals surface area contributed by atoms with E-state index >= 15 is 0 Å². The number of hydrogen-bond donors (Lipinski definition) is 0. The van der Waals surface area contributed by atoms with Crippen LogP contribution in [0.5, 0.6) is 0 Å². The topological polar surface area (TPSA) is 34.1 Å². The molecule has 2 aliphatic rings. The van der Waals surface area contributed by atoms with E-state index in [1.54, 1.807) is 12.1 Å². The van der Waals surface area contributed by atoms with Crippen molar-refractivity contribution in [3.8, 4) is 0 Å². The van der Waals surface area contributed by atoms with Crippen molar-refractivity contribution in [1.82, 2.24) is 0 Å². The van der Waals surface area contributed by atoms with Gasteiger partial charge in [0.15, 0.2) is 11.6 Å². The molecule has 1 fully saturated rings. The van der Waals surface area contributed by atoms with Gasteiger partial charge in [-0.2, -0.15) is 0 Å². The van der Waals surface area contributed by atoms with Gasteiger partial charge >= 0.3 is 0 Å². The molecule has 0 aromatic heterocycles. The Bertz CT molecular complexity index is 515. The minimum atomic E-state index is -0.394. The molecule has 1 aromatic carbocycles. The first kappa shape index (κ1) is 12.1. The Morgan fingerprint density at radius 2 is 1.61 bits per heavy atom. The summed E-state index contributed by atoms with van der Waals surface area (Å²) in [7, 11) is 0. The van der Waals surface area contributed by atoms with Gasteiger partial charge in [-0.25, -0.2) is 0 Å². The molecule has 3 rings (SSSR count). The summed E-state index contributed by atoms with van der Waals surface area (Å²) >= 11 is 3.36. The van der Waals surface area contributed by atoms with Crippen molar-refractivity contribution in [3.63, 3.8) is 0 Å². The number of benzene rings is 1. The van der Waals surface area contributed by atoms with Gasteiger partial charge in [0, 0.05) is 15.6 Å². The zero-order chi connectivity index (χ0) is 12.7. The van der Waals surface area contributed by atoms with Crippen LogP contribution in [0.25, 0.3) is 0 Å². The summed E-state index contributed by atoms with van der Waals surface area (Å²) in [6, 6.07) is 5.41. The van der Waals surface area contributed by atoms with Crippen molar-refractivity contribution in [2.45, 2.75) is 32.1 Å². The highest BCUT2D eigenvalue weighted by Crippen LogP contribution is 2.39. The quantitative estimate of drug-likeness (QED) is 0.734. The third-order valence-electron chi connectivity index (χ3n) is 4.20. The molecule has 0 amide bonds. The summed E-state index contributed by atoms with van der Waals surface area (Å²) in [5, 5.41) is 0. The molecule has 2 nitrogen and oxygen atoms in total. The third kappa shape index (κ3) is 1.85. The van der Waals surface area contributed by atoms with Gasteiger partial charge < -0.3 is 0 Å². The predicted molar refractivity (Wildman–Crippen MR) is 72.9 cm³/mol. The highest BCUT2D eigenvalue weighted by atomic mass is 79.9. The first-order chi connectivity index (χ1) is 8.68. The van der Waals surface area contributed by atoms with E-state index in [0.29, 0.717) is 11.1 Å². The minimum Gasteiger partial charge on any atom is -0.293 e. The summed E-state index contributed by atoms with van der Waals surface area (Å²) in [5.41, 5.74) is 1.24. The fourth-order valence-corrected chi connectivity index (χ4v) is 3.65. The van der Waals surface area contributed by atoms with Crippen LogP contribution in [-0.4, -0.2) is 11.6 Å². The van der Waals surface area contributed by atoms with E-state index in [9.17, 15) is 9.59 Å². The molecule has 94 valence electrons. The fraction of sp³-hybridized carbons (Fsp3) is 0.467. The van der Waals surface area contributed by atoms with Crippen LogP contribution in [0.3, 0.4) is 0 Å². The van der Waals surface area contributed by atoms with Crippen molar-refractivity contribution in [3.05, 3.63) is 33.8 Å². The molecule has 0 bridgehead atoms. The van der Waals surface area contributed by atoms with E-state index in [4.69, 9.17) is 0 Å². The molecule has 18 heavy (non-hydrogen) atoms. The predicted octanol–water partition coefficient (Wildman–Crippen LogP) is 4.02. The molecule has 0 aliphatic heterocycles. The summed E-state index contributed by atoms with van der Waals surface area (Å²) < 4.78 is 0.867.